The lowest BCUT2D eigenvalue weighted by molar-refractivity contribution is -0.137. The van der Waals surface area contributed by atoms with Crippen LogP contribution in [0.4, 0.5) is 0 Å². The molecule has 6 nitrogen and oxygen atoms in total. The maximum absolute atomic E-state index is 12.8. The van der Waals surface area contributed by atoms with E-state index in [-0.39, 0.29) is 18.4 Å². The van der Waals surface area contributed by atoms with Crippen LogP contribution >= 0.6 is 0 Å². The van der Waals surface area contributed by atoms with Crippen LogP contribution in [0.1, 0.15) is 59.0 Å². The standard InChI is InChI=1S/C20H23N3O3/c1-13-21-12-17(19(22-13)15-7-8-15)20(26)23-16(9-10-18(24)25)11-14-5-3-2-4-6-14/h2-6,12,15-16H,7-11H2,1H3,(H,23,26)(H,24,25). The third-order valence-electron chi connectivity index (χ3n) is 4.51. The number of carbonyl (C=O) groups excluding carboxylic acids is 1. The Bertz CT molecular complexity index is 788. The summed E-state index contributed by atoms with van der Waals surface area (Å²) >= 11 is 0. The molecule has 1 aliphatic carbocycles. The van der Waals surface area contributed by atoms with Crippen molar-refractivity contribution < 1.29 is 14.7 Å². The molecule has 2 N–H and O–H groups in total. The third-order valence-corrected chi connectivity index (χ3v) is 4.51. The number of hydrogen-bond donors (Lipinski definition) is 2. The average molecular weight is 353 g/mol. The van der Waals surface area contributed by atoms with Crippen molar-refractivity contribution in [3.63, 3.8) is 0 Å². The maximum Gasteiger partial charge on any atom is 0.303 e. The maximum atomic E-state index is 12.8. The molecular formula is C20H23N3O3. The van der Waals surface area contributed by atoms with Gasteiger partial charge in [0.25, 0.3) is 5.91 Å². The Morgan fingerprint density at radius 1 is 1.27 bits per heavy atom. The highest BCUT2D eigenvalue weighted by Gasteiger charge is 2.30. The number of amides is 1. The number of nitrogens with zero attached hydrogens (tertiary/aromatic N) is 2. The topological polar surface area (TPSA) is 92.2 Å². The molecule has 1 aliphatic rings. The lowest BCUT2D eigenvalue weighted by Crippen LogP contribution is -2.37. The van der Waals surface area contributed by atoms with Gasteiger partial charge < -0.3 is 10.4 Å². The highest BCUT2D eigenvalue weighted by Crippen LogP contribution is 2.40. The number of benzene rings is 1. The van der Waals surface area contributed by atoms with Crippen molar-refractivity contribution in [2.24, 2.45) is 0 Å². The number of rotatable bonds is 8. The van der Waals surface area contributed by atoms with Gasteiger partial charge >= 0.3 is 5.97 Å². The minimum Gasteiger partial charge on any atom is -0.481 e. The Balaban J connectivity index is 1.75. The van der Waals surface area contributed by atoms with Crippen LogP contribution in [0.3, 0.4) is 0 Å². The Morgan fingerprint density at radius 3 is 2.65 bits per heavy atom. The Hall–Kier alpha value is -2.76. The second-order valence-electron chi connectivity index (χ2n) is 6.78. The van der Waals surface area contributed by atoms with Crippen LogP contribution in [0.2, 0.25) is 0 Å². The number of nitrogens with one attached hydrogen (secondary N) is 1. The van der Waals surface area contributed by atoms with Gasteiger partial charge in [0.05, 0.1) is 11.3 Å². The number of aryl methyl sites for hydroxylation is 1. The number of hydrogen-bond acceptors (Lipinski definition) is 4. The zero-order valence-corrected chi connectivity index (χ0v) is 14.8. The molecule has 2 aromatic rings. The molecule has 0 aliphatic heterocycles. The van der Waals surface area contributed by atoms with E-state index in [2.05, 4.69) is 15.3 Å². The minimum absolute atomic E-state index is 0.0116. The molecule has 3 rings (SSSR count). The first-order chi connectivity index (χ1) is 12.5. The predicted octanol–water partition coefficient (Wildman–Crippen LogP) is 2.87. The van der Waals surface area contributed by atoms with E-state index in [1.165, 1.54) is 0 Å². The molecule has 0 radical (unpaired) electrons. The summed E-state index contributed by atoms with van der Waals surface area (Å²) in [6.07, 6.45) is 4.65. The summed E-state index contributed by atoms with van der Waals surface area (Å²) in [5.74, 6) is -0.0907. The molecule has 0 spiro atoms. The van der Waals surface area contributed by atoms with Crippen LogP contribution in [0, 0.1) is 6.92 Å². The Labute approximate surface area is 152 Å². The first-order valence-electron chi connectivity index (χ1n) is 8.93. The van der Waals surface area contributed by atoms with Gasteiger partial charge in [-0.05, 0) is 38.2 Å². The van der Waals surface area contributed by atoms with E-state index in [0.717, 1.165) is 24.1 Å². The monoisotopic (exact) mass is 353 g/mol. The van der Waals surface area contributed by atoms with Gasteiger partial charge in [0, 0.05) is 24.6 Å². The van der Waals surface area contributed by atoms with Gasteiger partial charge in [-0.25, -0.2) is 9.97 Å². The summed E-state index contributed by atoms with van der Waals surface area (Å²) in [6, 6.07) is 9.50. The van der Waals surface area contributed by atoms with Gasteiger partial charge in [0.2, 0.25) is 0 Å². The molecule has 1 aromatic carbocycles. The van der Waals surface area contributed by atoms with E-state index in [1.54, 1.807) is 6.20 Å². The van der Waals surface area contributed by atoms with E-state index >= 15 is 0 Å². The normalized spacial score (nSPS) is 14.7. The average Bonchev–Trinajstić information content (AvgIpc) is 3.45. The van der Waals surface area contributed by atoms with Crippen LogP contribution in [0.25, 0.3) is 0 Å². The van der Waals surface area contributed by atoms with Crippen LogP contribution in [0.15, 0.2) is 36.5 Å². The molecule has 1 unspecified atom stereocenters. The van der Waals surface area contributed by atoms with Crippen molar-refractivity contribution in [3.05, 3.63) is 59.2 Å². The minimum atomic E-state index is -0.866. The van der Waals surface area contributed by atoms with Gasteiger partial charge in [0.1, 0.15) is 5.82 Å². The third kappa shape index (κ3) is 4.88. The lowest BCUT2D eigenvalue weighted by Gasteiger charge is -2.19. The summed E-state index contributed by atoms with van der Waals surface area (Å²) in [5.41, 5.74) is 2.38. The first kappa shape index (κ1) is 18.0. The summed E-state index contributed by atoms with van der Waals surface area (Å²) in [7, 11) is 0. The number of carboxylic acid groups (broad SMARTS) is 1. The van der Waals surface area contributed by atoms with Crippen LogP contribution in [-0.4, -0.2) is 33.0 Å². The summed E-state index contributed by atoms with van der Waals surface area (Å²) < 4.78 is 0. The zero-order chi connectivity index (χ0) is 18.5. The molecule has 1 atom stereocenters. The number of aromatic nitrogens is 2. The van der Waals surface area contributed by atoms with Crippen molar-refractivity contribution in [2.75, 3.05) is 0 Å². The van der Waals surface area contributed by atoms with Crippen molar-refractivity contribution >= 4 is 11.9 Å². The number of carbonyl (C=O) groups is 2. The SMILES string of the molecule is Cc1ncc(C(=O)NC(CCC(=O)O)Cc2ccccc2)c(C2CC2)n1. The van der Waals surface area contributed by atoms with Gasteiger partial charge in [-0.1, -0.05) is 30.3 Å². The zero-order valence-electron chi connectivity index (χ0n) is 14.8. The molecule has 0 saturated heterocycles. The van der Waals surface area contributed by atoms with Crippen molar-refractivity contribution in [1.29, 1.82) is 0 Å². The molecule has 1 amide bonds. The van der Waals surface area contributed by atoms with Gasteiger partial charge in [-0.2, -0.15) is 0 Å². The van der Waals surface area contributed by atoms with Crippen LogP contribution in [-0.2, 0) is 11.2 Å². The van der Waals surface area contributed by atoms with Gasteiger partial charge in [0.15, 0.2) is 0 Å². The molecule has 1 fully saturated rings. The quantitative estimate of drug-likeness (QED) is 0.761. The first-order valence-corrected chi connectivity index (χ1v) is 8.93. The second kappa shape index (κ2) is 8.08. The summed E-state index contributed by atoms with van der Waals surface area (Å²) in [6.45, 7) is 1.82. The lowest BCUT2D eigenvalue weighted by atomic mass is 10.0. The fourth-order valence-electron chi connectivity index (χ4n) is 3.02. The number of carboxylic acids is 1. The van der Waals surface area contributed by atoms with Gasteiger partial charge in [-0.15, -0.1) is 0 Å². The van der Waals surface area contributed by atoms with E-state index < -0.39 is 5.97 Å². The van der Waals surface area contributed by atoms with Crippen LogP contribution in [0.5, 0.6) is 0 Å². The van der Waals surface area contributed by atoms with Gasteiger partial charge in [-0.3, -0.25) is 9.59 Å². The molecule has 1 heterocycles. The molecule has 1 saturated carbocycles. The van der Waals surface area contributed by atoms with E-state index in [0.29, 0.717) is 30.1 Å². The molecule has 6 heteroatoms. The molecule has 26 heavy (non-hydrogen) atoms. The molecular weight excluding hydrogens is 330 g/mol. The van der Waals surface area contributed by atoms with Crippen molar-refractivity contribution in [2.45, 2.75) is 51.0 Å². The second-order valence-corrected chi connectivity index (χ2v) is 6.78. The fourth-order valence-corrected chi connectivity index (χ4v) is 3.02. The fraction of sp³-hybridized carbons (Fsp3) is 0.400. The molecule has 1 aromatic heterocycles. The number of aliphatic carboxylic acids is 1. The van der Waals surface area contributed by atoms with Crippen molar-refractivity contribution in [1.82, 2.24) is 15.3 Å². The highest BCUT2D eigenvalue weighted by atomic mass is 16.4. The Kier molecular flexibility index (Phi) is 5.61. The summed E-state index contributed by atoms with van der Waals surface area (Å²) in [4.78, 5) is 32.4. The van der Waals surface area contributed by atoms with E-state index in [9.17, 15) is 9.59 Å². The van der Waals surface area contributed by atoms with Crippen LogP contribution < -0.4 is 5.32 Å². The smallest absolute Gasteiger partial charge is 0.303 e. The van der Waals surface area contributed by atoms with Crippen molar-refractivity contribution in [3.8, 4) is 0 Å². The summed E-state index contributed by atoms with van der Waals surface area (Å²) in [5, 5.41) is 12.0. The Morgan fingerprint density at radius 2 is 2.00 bits per heavy atom. The molecule has 0 bridgehead atoms. The largest absolute Gasteiger partial charge is 0.481 e. The highest BCUT2D eigenvalue weighted by molar-refractivity contribution is 5.95. The predicted molar refractivity (Wildman–Crippen MR) is 97.0 cm³/mol. The molecule has 136 valence electrons. The van der Waals surface area contributed by atoms with E-state index in [1.807, 2.05) is 37.3 Å². The van der Waals surface area contributed by atoms with E-state index in [4.69, 9.17) is 5.11 Å².